The second-order valence-corrected chi connectivity index (χ2v) is 9.21. The van der Waals surface area contributed by atoms with Crippen LogP contribution in [0.5, 0.6) is 0 Å². The Balaban J connectivity index is 1.40. The molecule has 0 bridgehead atoms. The summed E-state index contributed by atoms with van der Waals surface area (Å²) in [4.78, 5) is 43.8. The van der Waals surface area contributed by atoms with E-state index in [2.05, 4.69) is 11.9 Å². The van der Waals surface area contributed by atoms with Gasteiger partial charge in [-0.3, -0.25) is 14.4 Å². The molecule has 2 aliphatic heterocycles. The van der Waals surface area contributed by atoms with Gasteiger partial charge in [-0.15, -0.1) is 0 Å². The second-order valence-electron chi connectivity index (χ2n) is 9.21. The molecule has 0 spiro atoms. The summed E-state index contributed by atoms with van der Waals surface area (Å²) in [6, 6.07) is 9.51. The van der Waals surface area contributed by atoms with Crippen molar-refractivity contribution in [2.75, 3.05) is 40.3 Å². The van der Waals surface area contributed by atoms with E-state index in [-0.39, 0.29) is 30.4 Å². The molecule has 2 amide bonds. The van der Waals surface area contributed by atoms with Crippen LogP contribution in [0.15, 0.2) is 30.3 Å². The predicted molar refractivity (Wildman–Crippen MR) is 122 cm³/mol. The van der Waals surface area contributed by atoms with E-state index in [9.17, 15) is 14.4 Å². The first-order chi connectivity index (χ1) is 14.9. The lowest BCUT2D eigenvalue weighted by atomic mass is 9.92. The van der Waals surface area contributed by atoms with Gasteiger partial charge in [0.1, 0.15) is 0 Å². The molecule has 1 aromatic carbocycles. The molecular weight excluding hydrogens is 390 g/mol. The van der Waals surface area contributed by atoms with E-state index < -0.39 is 0 Å². The third-order valence-electron chi connectivity index (χ3n) is 6.93. The summed E-state index contributed by atoms with van der Waals surface area (Å²) in [5.41, 5.74) is 0.666. The quantitative estimate of drug-likeness (QED) is 0.598. The lowest BCUT2D eigenvalue weighted by molar-refractivity contribution is -0.133. The predicted octanol–water partition coefficient (Wildman–Crippen LogP) is 3.22. The summed E-state index contributed by atoms with van der Waals surface area (Å²) >= 11 is 0. The molecule has 1 atom stereocenters. The van der Waals surface area contributed by atoms with Crippen LogP contribution < -0.4 is 0 Å². The van der Waals surface area contributed by atoms with Crippen LogP contribution in [0, 0.1) is 5.92 Å². The van der Waals surface area contributed by atoms with Crippen molar-refractivity contribution in [2.45, 2.75) is 57.4 Å². The van der Waals surface area contributed by atoms with Gasteiger partial charge in [0, 0.05) is 51.0 Å². The molecule has 0 aromatic heterocycles. The molecule has 2 fully saturated rings. The maximum absolute atomic E-state index is 12.7. The normalized spacial score (nSPS) is 20.5. The van der Waals surface area contributed by atoms with E-state index in [1.54, 1.807) is 12.1 Å². The fourth-order valence-corrected chi connectivity index (χ4v) is 4.76. The van der Waals surface area contributed by atoms with E-state index in [4.69, 9.17) is 0 Å². The molecule has 170 valence electrons. The van der Waals surface area contributed by atoms with E-state index >= 15 is 0 Å². The smallest absolute Gasteiger partial charge is 0.223 e. The molecule has 0 N–H and O–H groups in total. The van der Waals surface area contributed by atoms with Crippen LogP contribution in [0.4, 0.5) is 0 Å². The average Bonchev–Trinajstić information content (AvgIpc) is 2.81. The molecule has 31 heavy (non-hydrogen) atoms. The van der Waals surface area contributed by atoms with Gasteiger partial charge in [-0.05, 0) is 58.2 Å². The number of likely N-dealkylation sites (tertiary alicyclic amines) is 2. The number of piperidine rings is 2. The zero-order valence-electron chi connectivity index (χ0n) is 19.1. The number of rotatable bonds is 8. The third-order valence-corrected chi connectivity index (χ3v) is 6.93. The maximum atomic E-state index is 12.7. The summed E-state index contributed by atoms with van der Waals surface area (Å²) in [6.07, 6.45) is 6.05. The highest BCUT2D eigenvalue weighted by Gasteiger charge is 2.27. The van der Waals surface area contributed by atoms with Gasteiger partial charge in [0.15, 0.2) is 5.78 Å². The SMILES string of the molecule is CN1CCC(N(C)C(=O)CC[C@@H]2CCCN(C(=O)CCC(=O)c3ccccc3)C2)CC1. The Labute approximate surface area is 186 Å². The van der Waals surface area contributed by atoms with Crippen LogP contribution in [0.25, 0.3) is 0 Å². The average molecular weight is 428 g/mol. The fraction of sp³-hybridized carbons (Fsp3) is 0.640. The van der Waals surface area contributed by atoms with Crippen LogP contribution in [0.1, 0.15) is 61.7 Å². The van der Waals surface area contributed by atoms with Crippen LogP contribution in [0.3, 0.4) is 0 Å². The number of hydrogen-bond donors (Lipinski definition) is 0. The van der Waals surface area contributed by atoms with Gasteiger partial charge in [0.05, 0.1) is 0 Å². The lowest BCUT2D eigenvalue weighted by Gasteiger charge is -2.36. The van der Waals surface area contributed by atoms with Crippen molar-refractivity contribution in [3.8, 4) is 0 Å². The first-order valence-electron chi connectivity index (χ1n) is 11.7. The molecule has 3 rings (SSSR count). The highest BCUT2D eigenvalue weighted by molar-refractivity contribution is 5.97. The standard InChI is InChI=1S/C25H37N3O3/c1-26-17-14-22(15-18-26)27(2)24(30)12-10-20-7-6-16-28(19-20)25(31)13-11-23(29)21-8-4-3-5-9-21/h3-5,8-9,20,22H,6-7,10-19H2,1-2H3/t20-/m0/s1. The molecule has 2 heterocycles. The molecule has 2 saturated heterocycles. The van der Waals surface area contributed by atoms with E-state index in [0.717, 1.165) is 51.7 Å². The van der Waals surface area contributed by atoms with Crippen molar-refractivity contribution in [3.05, 3.63) is 35.9 Å². The van der Waals surface area contributed by atoms with E-state index in [1.165, 1.54) is 0 Å². The Morgan fingerprint density at radius 3 is 2.39 bits per heavy atom. The summed E-state index contributed by atoms with van der Waals surface area (Å²) in [7, 11) is 4.07. The number of carbonyl (C=O) groups is 3. The molecule has 2 aliphatic rings. The molecule has 0 saturated carbocycles. The molecule has 0 radical (unpaired) electrons. The summed E-state index contributed by atoms with van der Waals surface area (Å²) in [5, 5.41) is 0. The van der Waals surface area contributed by atoms with Crippen LogP contribution in [-0.4, -0.2) is 78.6 Å². The number of Topliss-reactive ketones (excluding diaryl/α,β-unsaturated/α-hetero) is 1. The highest BCUT2D eigenvalue weighted by atomic mass is 16.2. The minimum atomic E-state index is 0.0186. The number of nitrogens with zero attached hydrogens (tertiary/aromatic N) is 3. The van der Waals surface area contributed by atoms with Crippen molar-refractivity contribution >= 4 is 17.6 Å². The van der Waals surface area contributed by atoms with Crippen molar-refractivity contribution in [1.29, 1.82) is 0 Å². The number of amides is 2. The molecule has 0 aliphatic carbocycles. The second kappa shape index (κ2) is 11.4. The van der Waals surface area contributed by atoms with Gasteiger partial charge >= 0.3 is 0 Å². The maximum Gasteiger partial charge on any atom is 0.223 e. The first kappa shape index (κ1) is 23.5. The first-order valence-corrected chi connectivity index (χ1v) is 11.7. The van der Waals surface area contributed by atoms with Gasteiger partial charge in [-0.2, -0.15) is 0 Å². The molecular formula is C25H37N3O3. The zero-order chi connectivity index (χ0) is 22.2. The lowest BCUT2D eigenvalue weighted by Crippen LogP contribution is -2.45. The number of carbonyl (C=O) groups excluding carboxylic acids is 3. The van der Waals surface area contributed by atoms with Crippen LogP contribution >= 0.6 is 0 Å². The molecule has 6 nitrogen and oxygen atoms in total. The Morgan fingerprint density at radius 2 is 1.68 bits per heavy atom. The van der Waals surface area contributed by atoms with Gasteiger partial charge in [0.2, 0.25) is 11.8 Å². The third kappa shape index (κ3) is 6.89. The van der Waals surface area contributed by atoms with Crippen molar-refractivity contribution in [3.63, 3.8) is 0 Å². The summed E-state index contributed by atoms with van der Waals surface area (Å²) in [5.74, 6) is 0.678. The van der Waals surface area contributed by atoms with E-state index in [0.29, 0.717) is 30.5 Å². The fourth-order valence-electron chi connectivity index (χ4n) is 4.76. The Hall–Kier alpha value is -2.21. The van der Waals surface area contributed by atoms with Crippen molar-refractivity contribution in [2.24, 2.45) is 5.92 Å². The van der Waals surface area contributed by atoms with Gasteiger partial charge < -0.3 is 14.7 Å². The topological polar surface area (TPSA) is 60.9 Å². The largest absolute Gasteiger partial charge is 0.343 e. The minimum Gasteiger partial charge on any atom is -0.343 e. The molecule has 0 unspecified atom stereocenters. The highest BCUT2D eigenvalue weighted by Crippen LogP contribution is 2.23. The Morgan fingerprint density at radius 1 is 0.968 bits per heavy atom. The number of hydrogen-bond acceptors (Lipinski definition) is 4. The van der Waals surface area contributed by atoms with Gasteiger partial charge in [0.25, 0.3) is 0 Å². The van der Waals surface area contributed by atoms with E-state index in [1.807, 2.05) is 35.0 Å². The minimum absolute atomic E-state index is 0.0186. The summed E-state index contributed by atoms with van der Waals surface area (Å²) in [6.45, 7) is 3.57. The van der Waals surface area contributed by atoms with Crippen molar-refractivity contribution in [1.82, 2.24) is 14.7 Å². The van der Waals surface area contributed by atoms with Crippen molar-refractivity contribution < 1.29 is 14.4 Å². The molecule has 6 heteroatoms. The monoisotopic (exact) mass is 427 g/mol. The van der Waals surface area contributed by atoms with Gasteiger partial charge in [-0.1, -0.05) is 30.3 Å². The van der Waals surface area contributed by atoms with Crippen LogP contribution in [-0.2, 0) is 9.59 Å². The number of benzene rings is 1. The zero-order valence-corrected chi connectivity index (χ0v) is 19.1. The number of ketones is 1. The summed E-state index contributed by atoms with van der Waals surface area (Å²) < 4.78 is 0. The van der Waals surface area contributed by atoms with Gasteiger partial charge in [-0.25, -0.2) is 0 Å². The molecule has 1 aromatic rings. The Kier molecular flexibility index (Phi) is 8.64. The Bertz CT molecular complexity index is 744. The van der Waals surface area contributed by atoms with Crippen LogP contribution in [0.2, 0.25) is 0 Å².